The monoisotopic (exact) mass is 323 g/mol. The molecule has 24 heavy (non-hydrogen) atoms. The van der Waals surface area contributed by atoms with Gasteiger partial charge in [0.1, 0.15) is 5.75 Å². The van der Waals surface area contributed by atoms with E-state index in [0.717, 1.165) is 5.39 Å². The van der Waals surface area contributed by atoms with E-state index in [9.17, 15) is 9.59 Å². The Balaban J connectivity index is 1.88. The van der Waals surface area contributed by atoms with Gasteiger partial charge in [0.15, 0.2) is 0 Å². The zero-order valence-corrected chi connectivity index (χ0v) is 13.4. The van der Waals surface area contributed by atoms with Crippen LogP contribution in [0.3, 0.4) is 0 Å². The Labute approximate surface area is 138 Å². The number of methoxy groups -OCH3 is 1. The summed E-state index contributed by atoms with van der Waals surface area (Å²) in [5, 5.41) is 0.884. The van der Waals surface area contributed by atoms with Gasteiger partial charge in [-0.3, -0.25) is 14.6 Å². The van der Waals surface area contributed by atoms with Crippen LogP contribution < -0.4 is 10.3 Å². The minimum absolute atomic E-state index is 0.161. The van der Waals surface area contributed by atoms with Gasteiger partial charge in [-0.2, -0.15) is 0 Å². The molecule has 0 radical (unpaired) electrons. The Morgan fingerprint density at radius 2 is 1.96 bits per heavy atom. The Bertz CT molecular complexity index is 935. The number of ether oxygens (including phenoxy) is 1. The maximum absolute atomic E-state index is 12.4. The third-order valence-electron chi connectivity index (χ3n) is 3.81. The van der Waals surface area contributed by atoms with E-state index in [1.165, 1.54) is 4.90 Å². The lowest BCUT2D eigenvalue weighted by Crippen LogP contribution is -2.29. The minimum Gasteiger partial charge on any atom is -0.497 e. The van der Waals surface area contributed by atoms with Gasteiger partial charge in [-0.1, -0.05) is 0 Å². The molecule has 2 aromatic heterocycles. The van der Waals surface area contributed by atoms with E-state index in [4.69, 9.17) is 4.74 Å². The van der Waals surface area contributed by atoms with Crippen molar-refractivity contribution in [3.8, 4) is 5.75 Å². The van der Waals surface area contributed by atoms with Crippen molar-refractivity contribution >= 4 is 16.8 Å². The highest BCUT2D eigenvalue weighted by atomic mass is 16.5. The van der Waals surface area contributed by atoms with Crippen LogP contribution in [0.4, 0.5) is 0 Å². The van der Waals surface area contributed by atoms with Crippen LogP contribution in [0.25, 0.3) is 10.9 Å². The second-order valence-corrected chi connectivity index (χ2v) is 5.47. The average Bonchev–Trinajstić information content (AvgIpc) is 2.62. The predicted octanol–water partition coefficient (Wildman–Crippen LogP) is 2.20. The molecule has 0 aliphatic carbocycles. The van der Waals surface area contributed by atoms with Gasteiger partial charge < -0.3 is 14.6 Å². The van der Waals surface area contributed by atoms with Gasteiger partial charge in [0.2, 0.25) is 0 Å². The molecule has 0 saturated carbocycles. The Morgan fingerprint density at radius 1 is 1.21 bits per heavy atom. The van der Waals surface area contributed by atoms with Crippen LogP contribution in [0.1, 0.15) is 15.9 Å². The molecule has 0 bridgehead atoms. The van der Waals surface area contributed by atoms with Crippen molar-refractivity contribution in [3.63, 3.8) is 0 Å². The number of pyridine rings is 2. The van der Waals surface area contributed by atoms with Crippen LogP contribution in [-0.4, -0.2) is 34.9 Å². The fourth-order valence-corrected chi connectivity index (χ4v) is 2.51. The van der Waals surface area contributed by atoms with E-state index in [0.29, 0.717) is 22.4 Å². The first-order valence-electron chi connectivity index (χ1n) is 7.44. The third kappa shape index (κ3) is 3.12. The van der Waals surface area contributed by atoms with Crippen LogP contribution in [0.15, 0.2) is 53.6 Å². The van der Waals surface area contributed by atoms with Crippen molar-refractivity contribution in [2.75, 3.05) is 14.2 Å². The van der Waals surface area contributed by atoms with E-state index >= 15 is 0 Å². The minimum atomic E-state index is -0.217. The number of hydrogen-bond acceptors (Lipinski definition) is 4. The molecule has 0 aliphatic rings. The van der Waals surface area contributed by atoms with Crippen molar-refractivity contribution in [2.45, 2.75) is 6.54 Å². The van der Waals surface area contributed by atoms with Crippen LogP contribution in [0.5, 0.6) is 5.75 Å². The summed E-state index contributed by atoms with van der Waals surface area (Å²) < 4.78 is 5.16. The van der Waals surface area contributed by atoms with Gasteiger partial charge in [-0.15, -0.1) is 0 Å². The van der Waals surface area contributed by atoms with Gasteiger partial charge in [-0.05, 0) is 35.7 Å². The Morgan fingerprint density at radius 3 is 2.67 bits per heavy atom. The highest BCUT2D eigenvalue weighted by molar-refractivity contribution is 5.93. The van der Waals surface area contributed by atoms with Crippen LogP contribution in [-0.2, 0) is 6.54 Å². The van der Waals surface area contributed by atoms with E-state index in [-0.39, 0.29) is 18.0 Å². The maximum Gasteiger partial charge on any atom is 0.254 e. The summed E-state index contributed by atoms with van der Waals surface area (Å²) in [6.45, 7) is 0.221. The number of nitrogens with zero attached hydrogens (tertiary/aromatic N) is 2. The van der Waals surface area contributed by atoms with E-state index < -0.39 is 0 Å². The van der Waals surface area contributed by atoms with Crippen molar-refractivity contribution in [1.29, 1.82) is 0 Å². The maximum atomic E-state index is 12.4. The predicted molar refractivity (Wildman–Crippen MR) is 91.2 cm³/mol. The first kappa shape index (κ1) is 15.7. The summed E-state index contributed by atoms with van der Waals surface area (Å²) in [6, 6.07) is 10.6. The highest BCUT2D eigenvalue weighted by Gasteiger charge is 2.14. The number of rotatable bonds is 4. The Kier molecular flexibility index (Phi) is 4.29. The molecule has 1 aromatic carbocycles. The average molecular weight is 323 g/mol. The van der Waals surface area contributed by atoms with Gasteiger partial charge in [0.05, 0.1) is 19.2 Å². The molecule has 3 rings (SSSR count). The summed E-state index contributed by atoms with van der Waals surface area (Å²) in [5.41, 5.74) is 1.54. The van der Waals surface area contributed by atoms with E-state index in [1.54, 1.807) is 50.8 Å². The van der Waals surface area contributed by atoms with Gasteiger partial charge in [-0.25, -0.2) is 0 Å². The fourth-order valence-electron chi connectivity index (χ4n) is 2.51. The molecule has 122 valence electrons. The first-order chi connectivity index (χ1) is 11.6. The molecular weight excluding hydrogens is 306 g/mol. The summed E-state index contributed by atoms with van der Waals surface area (Å²) >= 11 is 0. The summed E-state index contributed by atoms with van der Waals surface area (Å²) in [5.74, 6) is 0.516. The number of carbonyl (C=O) groups excluding carboxylic acids is 1. The topological polar surface area (TPSA) is 75.3 Å². The quantitative estimate of drug-likeness (QED) is 0.799. The molecule has 2 heterocycles. The lowest BCUT2D eigenvalue weighted by Gasteiger charge is -2.17. The number of aromatic nitrogens is 2. The van der Waals surface area contributed by atoms with Crippen molar-refractivity contribution in [2.24, 2.45) is 0 Å². The van der Waals surface area contributed by atoms with Crippen molar-refractivity contribution in [3.05, 3.63) is 70.3 Å². The number of carbonyl (C=O) groups is 1. The SMILES string of the molecule is COc1ccc2cc(CN(C)C(=O)c3ccncc3)c(=O)[nH]c2c1. The molecule has 0 atom stereocenters. The third-order valence-corrected chi connectivity index (χ3v) is 3.81. The molecule has 0 fully saturated rings. The standard InChI is InChI=1S/C18H17N3O3/c1-21(18(23)12-5-7-19-8-6-12)11-14-9-13-3-4-15(24-2)10-16(13)20-17(14)22/h3-10H,11H2,1-2H3,(H,20,22). The highest BCUT2D eigenvalue weighted by Crippen LogP contribution is 2.19. The number of aromatic amines is 1. The van der Waals surface area contributed by atoms with Crippen LogP contribution in [0.2, 0.25) is 0 Å². The Hall–Kier alpha value is -3.15. The van der Waals surface area contributed by atoms with Crippen molar-refractivity contribution < 1.29 is 9.53 Å². The lowest BCUT2D eigenvalue weighted by atomic mass is 10.1. The van der Waals surface area contributed by atoms with Gasteiger partial charge in [0, 0.05) is 36.6 Å². The molecule has 0 aliphatic heterocycles. The molecule has 6 nitrogen and oxygen atoms in total. The summed E-state index contributed by atoms with van der Waals surface area (Å²) in [4.78, 5) is 32.9. The molecule has 0 unspecified atom stereocenters. The van der Waals surface area contributed by atoms with E-state index in [1.807, 2.05) is 12.1 Å². The van der Waals surface area contributed by atoms with Crippen molar-refractivity contribution in [1.82, 2.24) is 14.9 Å². The second kappa shape index (κ2) is 6.54. The second-order valence-electron chi connectivity index (χ2n) is 5.47. The zero-order chi connectivity index (χ0) is 17.1. The number of hydrogen-bond donors (Lipinski definition) is 1. The number of benzene rings is 1. The molecule has 3 aromatic rings. The first-order valence-corrected chi connectivity index (χ1v) is 7.44. The molecule has 0 saturated heterocycles. The molecule has 1 amide bonds. The zero-order valence-electron chi connectivity index (χ0n) is 13.4. The number of H-pyrrole nitrogens is 1. The summed E-state index contributed by atoms with van der Waals surface area (Å²) in [7, 11) is 3.24. The number of amides is 1. The van der Waals surface area contributed by atoms with Crippen LogP contribution in [0, 0.1) is 0 Å². The van der Waals surface area contributed by atoms with E-state index in [2.05, 4.69) is 9.97 Å². The molecule has 1 N–H and O–H groups in total. The summed E-state index contributed by atoms with van der Waals surface area (Å²) in [6.07, 6.45) is 3.13. The fraction of sp³-hybridized carbons (Fsp3) is 0.167. The van der Waals surface area contributed by atoms with Gasteiger partial charge >= 0.3 is 0 Å². The number of fused-ring (bicyclic) bond motifs is 1. The van der Waals surface area contributed by atoms with Crippen LogP contribution >= 0.6 is 0 Å². The molecular formula is C18H17N3O3. The van der Waals surface area contributed by atoms with Gasteiger partial charge in [0.25, 0.3) is 11.5 Å². The number of nitrogens with one attached hydrogen (secondary N) is 1. The smallest absolute Gasteiger partial charge is 0.254 e. The molecule has 6 heteroatoms. The molecule has 0 spiro atoms. The largest absolute Gasteiger partial charge is 0.497 e. The lowest BCUT2D eigenvalue weighted by molar-refractivity contribution is 0.0784. The normalized spacial score (nSPS) is 10.6.